The van der Waals surface area contributed by atoms with Gasteiger partial charge in [-0.15, -0.1) is 0 Å². The summed E-state index contributed by atoms with van der Waals surface area (Å²) in [6.45, 7) is 2.43. The summed E-state index contributed by atoms with van der Waals surface area (Å²) in [6, 6.07) is 8.86. The van der Waals surface area contributed by atoms with Crippen molar-refractivity contribution in [1.82, 2.24) is 5.32 Å². The van der Waals surface area contributed by atoms with Gasteiger partial charge in [-0.25, -0.2) is 4.79 Å². The quantitative estimate of drug-likeness (QED) is 0.683. The summed E-state index contributed by atoms with van der Waals surface area (Å²) in [4.78, 5) is 10.7. The number of hydrogen-bond acceptors (Lipinski definition) is 3. The maximum absolute atomic E-state index is 10.7. The monoisotopic (exact) mass is 253 g/mol. The molecule has 100 valence electrons. The van der Waals surface area contributed by atoms with Gasteiger partial charge in [0.15, 0.2) is 0 Å². The van der Waals surface area contributed by atoms with Crippen LogP contribution < -0.4 is 5.32 Å². The zero-order chi connectivity index (χ0) is 13.4. The summed E-state index contributed by atoms with van der Waals surface area (Å²) in [5, 5.41) is 21.0. The Kier molecular flexibility index (Phi) is 6.18. The number of carboxylic acid groups (broad SMARTS) is 1. The first-order chi connectivity index (χ1) is 8.63. The molecule has 0 heterocycles. The second-order valence-electron chi connectivity index (χ2n) is 3.97. The van der Waals surface area contributed by atoms with Crippen LogP contribution >= 0.6 is 0 Å². The minimum absolute atomic E-state index is 0.119. The van der Waals surface area contributed by atoms with Crippen LogP contribution in [0.25, 0.3) is 0 Å². The van der Waals surface area contributed by atoms with Crippen LogP contribution in [0.4, 0.5) is 4.79 Å². The Balaban J connectivity index is 2.63. The van der Waals surface area contributed by atoms with Crippen LogP contribution in [0, 0.1) is 0 Å². The fourth-order valence-electron chi connectivity index (χ4n) is 1.66. The molecule has 0 aliphatic heterocycles. The van der Waals surface area contributed by atoms with Crippen LogP contribution in [0.5, 0.6) is 0 Å². The van der Waals surface area contributed by atoms with E-state index >= 15 is 0 Å². The number of rotatable bonds is 7. The van der Waals surface area contributed by atoms with Crippen molar-refractivity contribution in [3.05, 3.63) is 35.9 Å². The van der Waals surface area contributed by atoms with Gasteiger partial charge in [0.05, 0.1) is 18.8 Å². The molecule has 1 amide bonds. The molecular formula is C13H19NO4. The molecule has 0 unspecified atom stereocenters. The molecule has 0 fully saturated rings. The van der Waals surface area contributed by atoms with Gasteiger partial charge in [-0.3, -0.25) is 0 Å². The van der Waals surface area contributed by atoms with E-state index < -0.39 is 18.2 Å². The molecule has 5 heteroatoms. The number of nitrogens with one attached hydrogen (secondary N) is 1. The Hall–Kier alpha value is -1.59. The number of aliphatic hydroxyl groups excluding tert-OH is 1. The van der Waals surface area contributed by atoms with Crippen LogP contribution in [0.2, 0.25) is 0 Å². The highest BCUT2D eigenvalue weighted by Gasteiger charge is 2.21. The Morgan fingerprint density at radius 1 is 1.39 bits per heavy atom. The molecule has 0 bridgehead atoms. The highest BCUT2D eigenvalue weighted by atomic mass is 16.5. The van der Waals surface area contributed by atoms with Gasteiger partial charge >= 0.3 is 6.09 Å². The largest absolute Gasteiger partial charge is 0.465 e. The van der Waals surface area contributed by atoms with Crippen molar-refractivity contribution in [2.75, 3.05) is 13.2 Å². The van der Waals surface area contributed by atoms with E-state index in [0.29, 0.717) is 13.0 Å². The van der Waals surface area contributed by atoms with Crippen LogP contribution in [-0.2, 0) is 11.2 Å². The molecule has 1 aromatic carbocycles. The Labute approximate surface area is 106 Å². The lowest BCUT2D eigenvalue weighted by Crippen LogP contribution is -2.46. The van der Waals surface area contributed by atoms with Crippen molar-refractivity contribution in [2.24, 2.45) is 0 Å². The Morgan fingerprint density at radius 2 is 2.06 bits per heavy atom. The van der Waals surface area contributed by atoms with Gasteiger partial charge < -0.3 is 20.3 Å². The fourth-order valence-corrected chi connectivity index (χ4v) is 1.66. The standard InChI is InChI=1S/C13H19NO4/c1-2-18-9-12(15)11(14-13(16)17)8-10-6-4-3-5-7-10/h3-7,11-12,14-15H,2,8-9H2,1H3,(H,16,17)/t11-,12+/m0/s1. The number of benzene rings is 1. The highest BCUT2D eigenvalue weighted by molar-refractivity contribution is 5.65. The molecule has 0 aliphatic rings. The van der Waals surface area contributed by atoms with Crippen molar-refractivity contribution < 1.29 is 19.7 Å². The topological polar surface area (TPSA) is 78.8 Å². The van der Waals surface area contributed by atoms with Gasteiger partial charge in [0.25, 0.3) is 0 Å². The van der Waals surface area contributed by atoms with E-state index in [9.17, 15) is 9.90 Å². The molecule has 2 atom stereocenters. The summed E-state index contributed by atoms with van der Waals surface area (Å²) in [6.07, 6.45) is -1.57. The molecule has 3 N–H and O–H groups in total. The Bertz CT molecular complexity index is 355. The van der Waals surface area contributed by atoms with Crippen molar-refractivity contribution in [3.63, 3.8) is 0 Å². The summed E-state index contributed by atoms with van der Waals surface area (Å²) >= 11 is 0. The Morgan fingerprint density at radius 3 is 2.61 bits per heavy atom. The molecule has 0 saturated carbocycles. The third-order valence-electron chi connectivity index (χ3n) is 2.56. The van der Waals surface area contributed by atoms with E-state index in [2.05, 4.69) is 5.32 Å². The average molecular weight is 253 g/mol. The van der Waals surface area contributed by atoms with Gasteiger partial charge in [-0.05, 0) is 18.9 Å². The van der Waals surface area contributed by atoms with Gasteiger partial charge in [-0.1, -0.05) is 30.3 Å². The van der Waals surface area contributed by atoms with Crippen molar-refractivity contribution in [2.45, 2.75) is 25.5 Å². The van der Waals surface area contributed by atoms with Crippen molar-refractivity contribution in [1.29, 1.82) is 0 Å². The first-order valence-electron chi connectivity index (χ1n) is 5.92. The third-order valence-corrected chi connectivity index (χ3v) is 2.56. The van der Waals surface area contributed by atoms with Gasteiger partial charge in [0.2, 0.25) is 0 Å². The van der Waals surface area contributed by atoms with Gasteiger partial charge in [0.1, 0.15) is 0 Å². The molecular weight excluding hydrogens is 234 g/mol. The van der Waals surface area contributed by atoms with E-state index in [1.54, 1.807) is 0 Å². The SMILES string of the molecule is CCOC[C@@H](O)[C@H](Cc1ccccc1)NC(=O)O. The number of carbonyl (C=O) groups is 1. The molecule has 0 saturated heterocycles. The predicted octanol–water partition coefficient (Wildman–Crippen LogP) is 1.26. The van der Waals surface area contributed by atoms with Crippen LogP contribution in [0.1, 0.15) is 12.5 Å². The zero-order valence-electron chi connectivity index (χ0n) is 10.4. The second-order valence-corrected chi connectivity index (χ2v) is 3.97. The summed E-state index contributed by atoms with van der Waals surface area (Å²) < 4.78 is 5.11. The summed E-state index contributed by atoms with van der Waals surface area (Å²) in [5.41, 5.74) is 0.965. The second kappa shape index (κ2) is 7.68. The lowest BCUT2D eigenvalue weighted by Gasteiger charge is -2.22. The van der Waals surface area contributed by atoms with E-state index in [-0.39, 0.29) is 6.61 Å². The van der Waals surface area contributed by atoms with Crippen molar-refractivity contribution >= 4 is 6.09 Å². The van der Waals surface area contributed by atoms with Crippen molar-refractivity contribution in [3.8, 4) is 0 Å². The number of hydrogen-bond donors (Lipinski definition) is 3. The number of amides is 1. The van der Waals surface area contributed by atoms with Gasteiger partial charge in [0, 0.05) is 6.61 Å². The van der Waals surface area contributed by atoms with E-state index in [0.717, 1.165) is 5.56 Å². The minimum atomic E-state index is -1.15. The van der Waals surface area contributed by atoms with E-state index in [1.807, 2.05) is 37.3 Å². The van der Waals surface area contributed by atoms with Crippen LogP contribution in [0.3, 0.4) is 0 Å². The maximum Gasteiger partial charge on any atom is 0.404 e. The lowest BCUT2D eigenvalue weighted by atomic mass is 10.0. The zero-order valence-corrected chi connectivity index (χ0v) is 10.4. The smallest absolute Gasteiger partial charge is 0.404 e. The first-order valence-corrected chi connectivity index (χ1v) is 5.92. The summed E-state index contributed by atoms with van der Waals surface area (Å²) in [7, 11) is 0. The lowest BCUT2D eigenvalue weighted by molar-refractivity contribution is 0.0216. The van der Waals surface area contributed by atoms with Gasteiger partial charge in [-0.2, -0.15) is 0 Å². The molecule has 0 radical (unpaired) electrons. The minimum Gasteiger partial charge on any atom is -0.465 e. The number of ether oxygens (including phenoxy) is 1. The third kappa shape index (κ3) is 5.16. The molecule has 1 aromatic rings. The van der Waals surface area contributed by atoms with Crippen LogP contribution in [-0.4, -0.2) is 41.7 Å². The van der Waals surface area contributed by atoms with E-state index in [4.69, 9.17) is 9.84 Å². The molecule has 18 heavy (non-hydrogen) atoms. The molecule has 0 aliphatic carbocycles. The summed E-state index contributed by atoms with van der Waals surface area (Å²) in [5.74, 6) is 0. The molecule has 0 aromatic heterocycles. The number of aliphatic hydroxyl groups is 1. The van der Waals surface area contributed by atoms with E-state index in [1.165, 1.54) is 0 Å². The highest BCUT2D eigenvalue weighted by Crippen LogP contribution is 2.07. The average Bonchev–Trinajstić information content (AvgIpc) is 2.36. The fraction of sp³-hybridized carbons (Fsp3) is 0.462. The molecule has 1 rings (SSSR count). The predicted molar refractivity (Wildman–Crippen MR) is 67.6 cm³/mol. The first kappa shape index (κ1) is 14.5. The maximum atomic E-state index is 10.7. The van der Waals surface area contributed by atoms with Crippen LogP contribution in [0.15, 0.2) is 30.3 Å². The molecule has 0 spiro atoms. The normalized spacial score (nSPS) is 13.9. The molecule has 5 nitrogen and oxygen atoms in total.